The zero-order valence-electron chi connectivity index (χ0n) is 10.6. The number of nitrogens with zero attached hydrogens (tertiary/aromatic N) is 1. The average Bonchev–Trinajstić information content (AvgIpc) is 2.61. The zero-order valence-corrected chi connectivity index (χ0v) is 12.7. The van der Waals surface area contributed by atoms with Crippen molar-refractivity contribution in [2.45, 2.75) is 39.2 Å². The van der Waals surface area contributed by atoms with Gasteiger partial charge in [-0.2, -0.15) is 0 Å². The first-order valence-corrected chi connectivity index (χ1v) is 7.16. The average molecular weight is 360 g/mol. The van der Waals surface area contributed by atoms with E-state index in [0.29, 0.717) is 11.5 Å². The molecular weight excluding hydrogens is 343 g/mol. The Labute approximate surface area is 120 Å². The molecule has 0 saturated heterocycles. The number of non-ortho nitro benzene ring substituents is 1. The van der Waals surface area contributed by atoms with E-state index >= 15 is 0 Å². The molecule has 1 unspecified atom stereocenters. The Morgan fingerprint density at radius 1 is 1.50 bits per heavy atom. The van der Waals surface area contributed by atoms with Crippen molar-refractivity contribution in [1.82, 2.24) is 0 Å². The maximum atomic E-state index is 10.7. The topological polar surface area (TPSA) is 55.2 Å². The SMILES string of the molecule is CC1(C)CCC(Nc2ccc([N+](=O)[O-])cc2I)C1. The van der Waals surface area contributed by atoms with E-state index in [4.69, 9.17) is 0 Å². The van der Waals surface area contributed by atoms with Gasteiger partial charge < -0.3 is 5.32 Å². The van der Waals surface area contributed by atoms with E-state index in [1.54, 1.807) is 12.1 Å². The van der Waals surface area contributed by atoms with Gasteiger partial charge in [0.05, 0.1) is 4.92 Å². The minimum Gasteiger partial charge on any atom is -0.381 e. The zero-order chi connectivity index (χ0) is 13.3. The molecule has 0 heterocycles. The molecule has 0 radical (unpaired) electrons. The molecule has 1 aromatic rings. The molecular formula is C13H17IN2O2. The van der Waals surface area contributed by atoms with Crippen LogP contribution in [0.3, 0.4) is 0 Å². The first kappa shape index (κ1) is 13.6. The van der Waals surface area contributed by atoms with Gasteiger partial charge in [0, 0.05) is 27.4 Å². The van der Waals surface area contributed by atoms with Crippen LogP contribution in [0.25, 0.3) is 0 Å². The highest BCUT2D eigenvalue weighted by Crippen LogP contribution is 2.38. The number of rotatable bonds is 3. The summed E-state index contributed by atoms with van der Waals surface area (Å²) in [6, 6.07) is 5.47. The number of hydrogen-bond acceptors (Lipinski definition) is 3. The van der Waals surface area contributed by atoms with Crippen LogP contribution in [-0.2, 0) is 0 Å². The third-order valence-electron chi connectivity index (χ3n) is 3.49. The summed E-state index contributed by atoms with van der Waals surface area (Å²) >= 11 is 2.15. The van der Waals surface area contributed by atoms with Crippen LogP contribution >= 0.6 is 22.6 Å². The highest BCUT2D eigenvalue weighted by molar-refractivity contribution is 14.1. The number of benzene rings is 1. The van der Waals surface area contributed by atoms with Crippen molar-refractivity contribution in [3.8, 4) is 0 Å². The van der Waals surface area contributed by atoms with Crippen LogP contribution in [0.5, 0.6) is 0 Å². The number of hydrogen-bond donors (Lipinski definition) is 1. The Kier molecular flexibility index (Phi) is 3.79. The molecule has 1 N–H and O–H groups in total. The Morgan fingerprint density at radius 3 is 2.72 bits per heavy atom. The molecule has 98 valence electrons. The Balaban J connectivity index is 2.09. The molecule has 1 aromatic carbocycles. The Morgan fingerprint density at radius 2 is 2.22 bits per heavy atom. The second kappa shape index (κ2) is 5.03. The van der Waals surface area contributed by atoms with Crippen LogP contribution in [0.1, 0.15) is 33.1 Å². The van der Waals surface area contributed by atoms with Gasteiger partial charge in [0.25, 0.3) is 5.69 Å². The maximum Gasteiger partial charge on any atom is 0.270 e. The van der Waals surface area contributed by atoms with Gasteiger partial charge in [0.1, 0.15) is 0 Å². The summed E-state index contributed by atoms with van der Waals surface area (Å²) in [5, 5.41) is 14.2. The van der Waals surface area contributed by atoms with Crippen LogP contribution < -0.4 is 5.32 Å². The summed E-state index contributed by atoms with van der Waals surface area (Å²) in [7, 11) is 0. The van der Waals surface area contributed by atoms with Gasteiger partial charge in [-0.15, -0.1) is 0 Å². The molecule has 1 atom stereocenters. The third kappa shape index (κ3) is 3.13. The standard InChI is InChI=1S/C13H17IN2O2/c1-13(2)6-5-9(8-13)15-12-4-3-10(16(17)18)7-11(12)14/h3-4,7,9,15H,5-6,8H2,1-2H3. The Hall–Kier alpha value is -0.850. The predicted molar refractivity (Wildman–Crippen MR) is 80.9 cm³/mol. The normalized spacial score (nSPS) is 21.8. The molecule has 1 aliphatic rings. The van der Waals surface area contributed by atoms with Gasteiger partial charge in [0.2, 0.25) is 0 Å². The lowest BCUT2D eigenvalue weighted by Gasteiger charge is -2.19. The molecule has 1 saturated carbocycles. The molecule has 18 heavy (non-hydrogen) atoms. The van der Waals surface area contributed by atoms with E-state index in [9.17, 15) is 10.1 Å². The molecule has 0 bridgehead atoms. The maximum absolute atomic E-state index is 10.7. The first-order valence-electron chi connectivity index (χ1n) is 6.08. The van der Waals surface area contributed by atoms with Crippen molar-refractivity contribution in [3.63, 3.8) is 0 Å². The molecule has 5 heteroatoms. The highest BCUT2D eigenvalue weighted by atomic mass is 127. The van der Waals surface area contributed by atoms with Crippen molar-refractivity contribution in [2.75, 3.05) is 5.32 Å². The first-order chi connectivity index (χ1) is 8.37. The monoisotopic (exact) mass is 360 g/mol. The molecule has 0 aromatic heterocycles. The van der Waals surface area contributed by atoms with Crippen LogP contribution in [0.2, 0.25) is 0 Å². The summed E-state index contributed by atoms with van der Waals surface area (Å²) in [5.41, 5.74) is 1.56. The van der Waals surface area contributed by atoms with Gasteiger partial charge in [-0.3, -0.25) is 10.1 Å². The van der Waals surface area contributed by atoms with Crippen LogP contribution in [-0.4, -0.2) is 11.0 Å². The Bertz CT molecular complexity index is 474. The fourth-order valence-corrected chi connectivity index (χ4v) is 3.17. The fraction of sp³-hybridized carbons (Fsp3) is 0.538. The smallest absolute Gasteiger partial charge is 0.270 e. The lowest BCUT2D eigenvalue weighted by molar-refractivity contribution is -0.384. The van der Waals surface area contributed by atoms with Crippen LogP contribution in [0.15, 0.2) is 18.2 Å². The van der Waals surface area contributed by atoms with Gasteiger partial charge in [-0.1, -0.05) is 13.8 Å². The predicted octanol–water partition coefficient (Wildman–Crippen LogP) is 4.19. The molecule has 0 amide bonds. The number of halogens is 1. The number of anilines is 1. The molecule has 4 nitrogen and oxygen atoms in total. The highest BCUT2D eigenvalue weighted by Gasteiger charge is 2.31. The quantitative estimate of drug-likeness (QED) is 0.500. The molecule has 0 spiro atoms. The van der Waals surface area contributed by atoms with Gasteiger partial charge in [-0.05, 0) is 53.3 Å². The van der Waals surface area contributed by atoms with Crippen LogP contribution in [0, 0.1) is 19.1 Å². The third-order valence-corrected chi connectivity index (χ3v) is 4.38. The largest absolute Gasteiger partial charge is 0.381 e. The summed E-state index contributed by atoms with van der Waals surface area (Å²) in [5.74, 6) is 0. The van der Waals surface area contributed by atoms with E-state index < -0.39 is 0 Å². The van der Waals surface area contributed by atoms with E-state index in [-0.39, 0.29) is 10.6 Å². The van der Waals surface area contributed by atoms with E-state index in [1.165, 1.54) is 12.8 Å². The summed E-state index contributed by atoms with van der Waals surface area (Å²) < 4.78 is 0.909. The van der Waals surface area contributed by atoms with Gasteiger partial charge >= 0.3 is 0 Å². The number of nitro benzene ring substituents is 1. The molecule has 2 rings (SSSR count). The summed E-state index contributed by atoms with van der Waals surface area (Å²) in [6.07, 6.45) is 3.55. The van der Waals surface area contributed by atoms with Crippen molar-refractivity contribution >= 4 is 34.0 Å². The van der Waals surface area contributed by atoms with Crippen molar-refractivity contribution in [3.05, 3.63) is 31.9 Å². The van der Waals surface area contributed by atoms with Gasteiger partial charge in [-0.25, -0.2) is 0 Å². The lowest BCUT2D eigenvalue weighted by atomic mass is 9.92. The second-order valence-electron chi connectivity index (χ2n) is 5.67. The number of nitrogens with one attached hydrogen (secondary N) is 1. The van der Waals surface area contributed by atoms with E-state index in [0.717, 1.165) is 15.7 Å². The summed E-state index contributed by atoms with van der Waals surface area (Å²) in [4.78, 5) is 10.3. The minimum absolute atomic E-state index is 0.150. The van der Waals surface area contributed by atoms with Gasteiger partial charge in [0.15, 0.2) is 0 Å². The van der Waals surface area contributed by atoms with Crippen molar-refractivity contribution in [2.24, 2.45) is 5.41 Å². The fourth-order valence-electron chi connectivity index (χ4n) is 2.51. The van der Waals surface area contributed by atoms with E-state index in [1.807, 2.05) is 6.07 Å². The minimum atomic E-state index is -0.357. The summed E-state index contributed by atoms with van der Waals surface area (Å²) in [6.45, 7) is 4.57. The lowest BCUT2D eigenvalue weighted by Crippen LogP contribution is -2.18. The van der Waals surface area contributed by atoms with Crippen molar-refractivity contribution < 1.29 is 4.92 Å². The van der Waals surface area contributed by atoms with Crippen LogP contribution in [0.4, 0.5) is 11.4 Å². The number of nitro groups is 1. The van der Waals surface area contributed by atoms with Crippen molar-refractivity contribution in [1.29, 1.82) is 0 Å². The van der Waals surface area contributed by atoms with E-state index in [2.05, 4.69) is 41.8 Å². The second-order valence-corrected chi connectivity index (χ2v) is 6.83. The molecule has 1 aliphatic carbocycles. The molecule has 1 fully saturated rings. The molecule has 0 aliphatic heterocycles.